The van der Waals surface area contributed by atoms with E-state index in [1.807, 2.05) is 30.3 Å². The lowest BCUT2D eigenvalue weighted by Crippen LogP contribution is -2.24. The predicted molar refractivity (Wildman–Crippen MR) is 82.6 cm³/mol. The molecule has 108 valence electrons. The molecule has 2 aromatic rings. The van der Waals surface area contributed by atoms with Crippen molar-refractivity contribution in [1.29, 1.82) is 0 Å². The fourth-order valence-electron chi connectivity index (χ4n) is 2.43. The minimum absolute atomic E-state index is 0.0279. The van der Waals surface area contributed by atoms with Crippen LogP contribution >= 0.6 is 11.6 Å². The minimum atomic E-state index is -0.0279. The van der Waals surface area contributed by atoms with E-state index < -0.39 is 0 Å². The van der Waals surface area contributed by atoms with Crippen LogP contribution < -0.4 is 10.1 Å². The van der Waals surface area contributed by atoms with Crippen molar-refractivity contribution in [3.8, 4) is 5.75 Å². The molecular weight excluding hydrogens is 286 g/mol. The second-order valence-corrected chi connectivity index (χ2v) is 5.49. The van der Waals surface area contributed by atoms with E-state index in [1.54, 1.807) is 6.07 Å². The van der Waals surface area contributed by atoms with Crippen LogP contribution in [0.2, 0.25) is 5.02 Å². The van der Waals surface area contributed by atoms with Gasteiger partial charge in [0.1, 0.15) is 5.75 Å². The summed E-state index contributed by atoms with van der Waals surface area (Å²) in [5.41, 5.74) is 3.15. The molecule has 0 spiro atoms. The number of halogens is 1. The molecule has 0 aromatic heterocycles. The molecule has 0 fully saturated rings. The molecule has 2 aromatic carbocycles. The highest BCUT2D eigenvalue weighted by Gasteiger charge is 2.12. The molecule has 3 nitrogen and oxygen atoms in total. The monoisotopic (exact) mass is 301 g/mol. The largest absolute Gasteiger partial charge is 0.493 e. The number of amides is 1. The highest BCUT2D eigenvalue weighted by Crippen LogP contribution is 2.25. The summed E-state index contributed by atoms with van der Waals surface area (Å²) in [4.78, 5) is 12.0. The second kappa shape index (κ2) is 6.19. The number of carbonyl (C=O) groups is 1. The van der Waals surface area contributed by atoms with Crippen molar-refractivity contribution in [2.75, 3.05) is 6.61 Å². The van der Waals surface area contributed by atoms with E-state index in [9.17, 15) is 4.79 Å². The highest BCUT2D eigenvalue weighted by atomic mass is 35.5. The quantitative estimate of drug-likeness (QED) is 0.942. The number of hydrogen-bond donors (Lipinski definition) is 1. The molecule has 0 atom stereocenters. The number of ether oxygens (including phenoxy) is 1. The lowest BCUT2D eigenvalue weighted by atomic mass is 10.1. The molecule has 0 saturated heterocycles. The normalized spacial score (nSPS) is 12.6. The van der Waals surface area contributed by atoms with Crippen LogP contribution in [0.4, 0.5) is 0 Å². The second-order valence-electron chi connectivity index (χ2n) is 5.09. The van der Waals surface area contributed by atoms with E-state index in [0.29, 0.717) is 18.0 Å². The van der Waals surface area contributed by atoms with Gasteiger partial charge in [-0.15, -0.1) is 0 Å². The van der Waals surface area contributed by atoms with E-state index in [0.717, 1.165) is 29.9 Å². The van der Waals surface area contributed by atoms with Crippen LogP contribution in [-0.2, 0) is 24.2 Å². The molecule has 1 heterocycles. The maximum absolute atomic E-state index is 12.0. The van der Waals surface area contributed by atoms with Gasteiger partial charge in [0.25, 0.3) is 0 Å². The maximum atomic E-state index is 12.0. The molecule has 1 amide bonds. The van der Waals surface area contributed by atoms with Gasteiger partial charge < -0.3 is 10.1 Å². The van der Waals surface area contributed by atoms with Gasteiger partial charge in [-0.3, -0.25) is 4.79 Å². The standard InChI is InChI=1S/C17H16ClNO2/c18-15-4-2-1-3-13(15)10-17(20)19-11-12-5-6-16-14(9-12)7-8-21-16/h1-6,9H,7-8,10-11H2,(H,19,20). The lowest BCUT2D eigenvalue weighted by molar-refractivity contribution is -0.120. The third-order valence-corrected chi connectivity index (χ3v) is 3.92. The number of hydrogen-bond acceptors (Lipinski definition) is 2. The third kappa shape index (κ3) is 3.37. The zero-order valence-corrected chi connectivity index (χ0v) is 12.3. The van der Waals surface area contributed by atoms with Gasteiger partial charge in [-0.2, -0.15) is 0 Å². The van der Waals surface area contributed by atoms with Crippen LogP contribution in [0.15, 0.2) is 42.5 Å². The Labute approximate surface area is 128 Å². The first kappa shape index (κ1) is 14.0. The highest BCUT2D eigenvalue weighted by molar-refractivity contribution is 6.31. The van der Waals surface area contributed by atoms with Crippen molar-refractivity contribution in [1.82, 2.24) is 5.32 Å². The van der Waals surface area contributed by atoms with E-state index >= 15 is 0 Å². The van der Waals surface area contributed by atoms with Crippen LogP contribution in [-0.4, -0.2) is 12.5 Å². The smallest absolute Gasteiger partial charge is 0.224 e. The molecule has 0 bridgehead atoms. The van der Waals surface area contributed by atoms with Gasteiger partial charge in [-0.25, -0.2) is 0 Å². The van der Waals surface area contributed by atoms with Crippen molar-refractivity contribution in [3.63, 3.8) is 0 Å². The summed E-state index contributed by atoms with van der Waals surface area (Å²) in [5.74, 6) is 0.931. The average Bonchev–Trinajstić information content (AvgIpc) is 2.95. The molecule has 0 aliphatic carbocycles. The zero-order chi connectivity index (χ0) is 14.7. The Balaban J connectivity index is 1.58. The summed E-state index contributed by atoms with van der Waals surface area (Å²) < 4.78 is 5.47. The Morgan fingerprint density at radius 3 is 2.95 bits per heavy atom. The van der Waals surface area contributed by atoms with E-state index in [1.165, 1.54) is 5.56 Å². The topological polar surface area (TPSA) is 38.3 Å². The van der Waals surface area contributed by atoms with Crippen LogP contribution in [0.3, 0.4) is 0 Å². The molecule has 21 heavy (non-hydrogen) atoms. The number of carbonyl (C=O) groups excluding carboxylic acids is 1. The number of fused-ring (bicyclic) bond motifs is 1. The van der Waals surface area contributed by atoms with Gasteiger partial charge in [0, 0.05) is 18.0 Å². The minimum Gasteiger partial charge on any atom is -0.493 e. The van der Waals surface area contributed by atoms with E-state index in [2.05, 4.69) is 11.4 Å². The summed E-state index contributed by atoms with van der Waals surface area (Å²) >= 11 is 6.06. The summed E-state index contributed by atoms with van der Waals surface area (Å²) in [5, 5.41) is 3.55. The zero-order valence-electron chi connectivity index (χ0n) is 11.6. The van der Waals surface area contributed by atoms with Crippen LogP contribution in [0.1, 0.15) is 16.7 Å². The van der Waals surface area contributed by atoms with Gasteiger partial charge in [0.05, 0.1) is 13.0 Å². The van der Waals surface area contributed by atoms with Crippen LogP contribution in [0, 0.1) is 0 Å². The van der Waals surface area contributed by atoms with Gasteiger partial charge in [0.15, 0.2) is 0 Å². The molecule has 1 aliphatic rings. The summed E-state index contributed by atoms with van der Waals surface area (Å²) in [6.07, 6.45) is 1.24. The van der Waals surface area contributed by atoms with Gasteiger partial charge in [-0.05, 0) is 28.8 Å². The van der Waals surface area contributed by atoms with E-state index in [-0.39, 0.29) is 5.91 Å². The first-order chi connectivity index (χ1) is 10.2. The Morgan fingerprint density at radius 2 is 2.10 bits per heavy atom. The van der Waals surface area contributed by atoms with Crippen LogP contribution in [0.25, 0.3) is 0 Å². The van der Waals surface area contributed by atoms with E-state index in [4.69, 9.17) is 16.3 Å². The number of rotatable bonds is 4. The molecule has 0 unspecified atom stereocenters. The van der Waals surface area contributed by atoms with Crippen molar-refractivity contribution < 1.29 is 9.53 Å². The molecule has 3 rings (SSSR count). The molecule has 0 saturated carbocycles. The third-order valence-electron chi connectivity index (χ3n) is 3.55. The Kier molecular flexibility index (Phi) is 4.11. The fraction of sp³-hybridized carbons (Fsp3) is 0.235. The Morgan fingerprint density at radius 1 is 1.24 bits per heavy atom. The molecule has 1 aliphatic heterocycles. The fourth-order valence-corrected chi connectivity index (χ4v) is 2.63. The van der Waals surface area contributed by atoms with Gasteiger partial charge in [0.2, 0.25) is 5.91 Å². The number of benzene rings is 2. The molecule has 1 N–H and O–H groups in total. The van der Waals surface area contributed by atoms with Crippen molar-refractivity contribution >= 4 is 17.5 Å². The van der Waals surface area contributed by atoms with Crippen molar-refractivity contribution in [2.45, 2.75) is 19.4 Å². The summed E-state index contributed by atoms with van der Waals surface area (Å²) in [6, 6.07) is 13.5. The summed E-state index contributed by atoms with van der Waals surface area (Å²) in [7, 11) is 0. The van der Waals surface area contributed by atoms with Gasteiger partial charge in [-0.1, -0.05) is 41.9 Å². The Bertz CT molecular complexity index is 670. The molecule has 4 heteroatoms. The van der Waals surface area contributed by atoms with Crippen LogP contribution in [0.5, 0.6) is 5.75 Å². The molecular formula is C17H16ClNO2. The summed E-state index contributed by atoms with van der Waals surface area (Å²) in [6.45, 7) is 1.27. The first-order valence-corrected chi connectivity index (χ1v) is 7.35. The maximum Gasteiger partial charge on any atom is 0.224 e. The Hall–Kier alpha value is -2.00. The SMILES string of the molecule is O=C(Cc1ccccc1Cl)NCc1ccc2c(c1)CCO2. The first-order valence-electron chi connectivity index (χ1n) is 6.97. The lowest BCUT2D eigenvalue weighted by Gasteiger charge is -2.08. The average molecular weight is 302 g/mol. The van der Waals surface area contributed by atoms with Crippen molar-refractivity contribution in [3.05, 3.63) is 64.2 Å². The van der Waals surface area contributed by atoms with Gasteiger partial charge >= 0.3 is 0 Å². The van der Waals surface area contributed by atoms with Crippen molar-refractivity contribution in [2.24, 2.45) is 0 Å². The number of nitrogens with one attached hydrogen (secondary N) is 1. The molecule has 0 radical (unpaired) electrons. The predicted octanol–water partition coefficient (Wildman–Crippen LogP) is 3.13.